The third-order valence-corrected chi connectivity index (χ3v) is 5.25. The van der Waals surface area contributed by atoms with Crippen LogP contribution in [0.1, 0.15) is 4.88 Å². The minimum Gasteiger partial charge on any atom is -0.383 e. The lowest BCUT2D eigenvalue weighted by molar-refractivity contribution is -0.170. The van der Waals surface area contributed by atoms with Crippen molar-refractivity contribution in [3.63, 3.8) is 0 Å². The number of fused-ring (bicyclic) bond motifs is 1. The molecule has 0 aromatic carbocycles. The highest BCUT2D eigenvalue weighted by atomic mass is 32.1. The van der Waals surface area contributed by atoms with Gasteiger partial charge in [0.2, 0.25) is 11.6 Å². The maximum Gasteiger partial charge on any atom is 0.257 e. The van der Waals surface area contributed by atoms with Gasteiger partial charge in [-0.3, -0.25) is 24.2 Å². The van der Waals surface area contributed by atoms with E-state index in [0.29, 0.717) is 13.2 Å². The zero-order chi connectivity index (χ0) is 19.6. The molecule has 1 fully saturated rings. The number of thiophene rings is 1. The summed E-state index contributed by atoms with van der Waals surface area (Å²) in [6, 6.07) is 2.44. The lowest BCUT2D eigenvalue weighted by Crippen LogP contribution is -2.67. The van der Waals surface area contributed by atoms with Crippen molar-refractivity contribution < 1.29 is 23.9 Å². The Morgan fingerprint density at radius 2 is 2.15 bits per heavy atom. The van der Waals surface area contributed by atoms with Gasteiger partial charge in [0.15, 0.2) is 6.04 Å². The van der Waals surface area contributed by atoms with Gasteiger partial charge in [-0.1, -0.05) is 6.07 Å². The highest BCUT2D eigenvalue weighted by molar-refractivity contribution is 7.09. The molecule has 2 amide bonds. The van der Waals surface area contributed by atoms with E-state index in [2.05, 4.69) is 5.32 Å². The molecule has 3 rings (SSSR count). The molecule has 0 bridgehead atoms. The van der Waals surface area contributed by atoms with Crippen molar-refractivity contribution in [2.75, 3.05) is 34.0 Å². The maximum atomic E-state index is 12.6. The first kappa shape index (κ1) is 19.2. The fourth-order valence-electron chi connectivity index (χ4n) is 2.95. The van der Waals surface area contributed by atoms with Crippen LogP contribution in [0.2, 0.25) is 0 Å². The SMILES string of the molecule is COCCN1CN(C)N2C=C(C(=O)NCc3cccs3)C(=O)C(=O)C2C1=O. The Morgan fingerprint density at radius 1 is 1.37 bits per heavy atom. The average molecular weight is 392 g/mol. The second-order valence-corrected chi connectivity index (χ2v) is 7.21. The molecule has 1 aromatic heterocycles. The summed E-state index contributed by atoms with van der Waals surface area (Å²) in [5.41, 5.74) is -0.266. The Balaban J connectivity index is 1.78. The van der Waals surface area contributed by atoms with Crippen molar-refractivity contribution in [3.8, 4) is 0 Å². The molecule has 10 heteroatoms. The maximum absolute atomic E-state index is 12.6. The van der Waals surface area contributed by atoms with E-state index in [-0.39, 0.29) is 18.8 Å². The minimum absolute atomic E-state index is 0.223. The van der Waals surface area contributed by atoms with Gasteiger partial charge in [0, 0.05) is 31.8 Å². The number of hydrogen-bond donors (Lipinski definition) is 1. The molecule has 0 aliphatic carbocycles. The number of hydrazine groups is 1. The normalized spacial score (nSPS) is 20.6. The van der Waals surface area contributed by atoms with Gasteiger partial charge in [0.05, 0.1) is 19.8 Å². The molecule has 144 valence electrons. The van der Waals surface area contributed by atoms with E-state index < -0.39 is 29.4 Å². The number of ketones is 2. The molecule has 9 nitrogen and oxygen atoms in total. The molecule has 1 aromatic rings. The van der Waals surface area contributed by atoms with Crippen LogP contribution in [0.15, 0.2) is 29.3 Å². The number of rotatable bonds is 6. The van der Waals surface area contributed by atoms with Crippen molar-refractivity contribution in [2.24, 2.45) is 0 Å². The summed E-state index contributed by atoms with van der Waals surface area (Å²) in [5.74, 6) is -2.96. The first-order valence-corrected chi connectivity index (χ1v) is 9.20. The number of carbonyl (C=O) groups excluding carboxylic acids is 4. The molecule has 1 unspecified atom stereocenters. The fraction of sp³-hybridized carbons (Fsp3) is 0.412. The predicted octanol–water partition coefficient (Wildman–Crippen LogP) is -0.636. The molecular weight excluding hydrogens is 372 g/mol. The number of nitrogens with zero attached hydrogens (tertiary/aromatic N) is 3. The molecule has 1 atom stereocenters. The standard InChI is InChI=1S/C17H20N4O5S/c1-19-10-20(5-6-26-2)17(25)13-15(23)14(22)12(9-21(13)19)16(24)18-8-11-4-3-7-27-11/h3-4,7,9,13H,5-6,8,10H2,1-2H3,(H,18,24). The first-order chi connectivity index (χ1) is 12.9. The zero-order valence-electron chi connectivity index (χ0n) is 15.0. The van der Waals surface area contributed by atoms with Gasteiger partial charge in [-0.2, -0.15) is 0 Å². The summed E-state index contributed by atoms with van der Waals surface area (Å²) in [7, 11) is 3.20. The van der Waals surface area contributed by atoms with Gasteiger partial charge in [0.1, 0.15) is 5.57 Å². The van der Waals surface area contributed by atoms with Crippen LogP contribution in [0.4, 0.5) is 0 Å². The summed E-state index contributed by atoms with van der Waals surface area (Å²) in [6.45, 7) is 1.11. The lowest BCUT2D eigenvalue weighted by atomic mass is 9.96. The Bertz CT molecular complexity index is 791. The highest BCUT2D eigenvalue weighted by Gasteiger charge is 2.48. The van der Waals surface area contributed by atoms with Crippen LogP contribution in [-0.2, 0) is 30.5 Å². The molecular formula is C17H20N4O5S. The summed E-state index contributed by atoms with van der Waals surface area (Å²) in [5, 5.41) is 7.50. The van der Waals surface area contributed by atoms with Gasteiger partial charge < -0.3 is 15.0 Å². The Labute approximate surface area is 160 Å². The van der Waals surface area contributed by atoms with Gasteiger partial charge in [-0.25, -0.2) is 5.01 Å². The number of amides is 2. The van der Waals surface area contributed by atoms with Gasteiger partial charge in [0.25, 0.3) is 11.8 Å². The van der Waals surface area contributed by atoms with Crippen LogP contribution < -0.4 is 5.32 Å². The number of methoxy groups -OCH3 is 1. The number of nitrogens with one attached hydrogen (secondary N) is 1. The van der Waals surface area contributed by atoms with E-state index in [1.165, 1.54) is 34.6 Å². The van der Waals surface area contributed by atoms with Crippen LogP contribution in [0.3, 0.4) is 0 Å². The topological polar surface area (TPSA) is 99.3 Å². The Morgan fingerprint density at radius 3 is 2.81 bits per heavy atom. The number of hydrogen-bond acceptors (Lipinski definition) is 8. The van der Waals surface area contributed by atoms with Gasteiger partial charge in [-0.05, 0) is 11.4 Å². The lowest BCUT2D eigenvalue weighted by Gasteiger charge is -2.46. The molecule has 1 saturated heterocycles. The Kier molecular flexibility index (Phi) is 5.68. The average Bonchev–Trinajstić information content (AvgIpc) is 3.17. The summed E-state index contributed by atoms with van der Waals surface area (Å²) in [6.07, 6.45) is 1.28. The molecule has 3 heterocycles. The van der Waals surface area contributed by atoms with Crippen LogP contribution in [-0.4, -0.2) is 78.3 Å². The van der Waals surface area contributed by atoms with Crippen molar-refractivity contribution in [3.05, 3.63) is 34.2 Å². The van der Waals surface area contributed by atoms with E-state index in [0.717, 1.165) is 4.88 Å². The summed E-state index contributed by atoms with van der Waals surface area (Å²) in [4.78, 5) is 52.4. The second-order valence-electron chi connectivity index (χ2n) is 6.17. The van der Waals surface area contributed by atoms with Gasteiger partial charge >= 0.3 is 0 Å². The summed E-state index contributed by atoms with van der Waals surface area (Å²) >= 11 is 1.47. The molecule has 27 heavy (non-hydrogen) atoms. The highest BCUT2D eigenvalue weighted by Crippen LogP contribution is 2.23. The van der Waals surface area contributed by atoms with E-state index in [1.54, 1.807) is 12.1 Å². The summed E-state index contributed by atoms with van der Waals surface area (Å²) < 4.78 is 4.98. The largest absolute Gasteiger partial charge is 0.383 e. The molecule has 0 spiro atoms. The van der Waals surface area contributed by atoms with Crippen LogP contribution in [0.5, 0.6) is 0 Å². The quantitative estimate of drug-likeness (QED) is 0.391. The van der Waals surface area contributed by atoms with E-state index in [1.807, 2.05) is 17.5 Å². The number of Topliss-reactive ketones (excluding diaryl/α,β-unsaturated/α-hetero) is 2. The monoisotopic (exact) mass is 392 g/mol. The van der Waals surface area contributed by atoms with E-state index in [4.69, 9.17) is 4.74 Å². The van der Waals surface area contributed by atoms with E-state index in [9.17, 15) is 19.2 Å². The van der Waals surface area contributed by atoms with Crippen molar-refractivity contribution in [2.45, 2.75) is 12.6 Å². The number of carbonyl (C=O) groups is 4. The van der Waals surface area contributed by atoms with Crippen LogP contribution >= 0.6 is 11.3 Å². The Hall–Kier alpha value is -2.56. The molecule has 0 radical (unpaired) electrons. The fourth-order valence-corrected chi connectivity index (χ4v) is 3.59. The molecule has 2 aliphatic rings. The minimum atomic E-state index is -1.28. The van der Waals surface area contributed by atoms with Crippen molar-refractivity contribution in [1.82, 2.24) is 20.2 Å². The number of ether oxygens (including phenoxy) is 1. The van der Waals surface area contributed by atoms with Crippen molar-refractivity contribution >= 4 is 34.7 Å². The molecule has 1 N–H and O–H groups in total. The second kappa shape index (κ2) is 7.99. The van der Waals surface area contributed by atoms with Crippen LogP contribution in [0.25, 0.3) is 0 Å². The van der Waals surface area contributed by atoms with E-state index >= 15 is 0 Å². The third kappa shape index (κ3) is 3.77. The van der Waals surface area contributed by atoms with Gasteiger partial charge in [-0.15, -0.1) is 11.3 Å². The third-order valence-electron chi connectivity index (χ3n) is 4.37. The predicted molar refractivity (Wildman–Crippen MR) is 96.1 cm³/mol. The van der Waals surface area contributed by atoms with Crippen LogP contribution in [0, 0.1) is 0 Å². The molecule has 2 aliphatic heterocycles. The first-order valence-electron chi connectivity index (χ1n) is 8.32. The van der Waals surface area contributed by atoms with Crippen molar-refractivity contribution in [1.29, 1.82) is 0 Å². The zero-order valence-corrected chi connectivity index (χ0v) is 15.8. The molecule has 0 saturated carbocycles. The smallest absolute Gasteiger partial charge is 0.257 e.